The van der Waals surface area contributed by atoms with E-state index in [2.05, 4.69) is 5.32 Å². The molecule has 1 heterocycles. The summed E-state index contributed by atoms with van der Waals surface area (Å²) in [7, 11) is 4.78. The van der Waals surface area contributed by atoms with E-state index in [1.165, 1.54) is 0 Å². The van der Waals surface area contributed by atoms with E-state index in [4.69, 9.17) is 19.2 Å². The molecule has 27 heavy (non-hydrogen) atoms. The summed E-state index contributed by atoms with van der Waals surface area (Å²) in [5.74, 6) is 1.09. The Morgan fingerprint density at radius 2 is 1.78 bits per heavy atom. The first kappa shape index (κ1) is 18.7. The lowest BCUT2D eigenvalue weighted by Gasteiger charge is -2.12. The van der Waals surface area contributed by atoms with Gasteiger partial charge in [-0.2, -0.15) is 0 Å². The second-order valence-electron chi connectivity index (χ2n) is 5.89. The van der Waals surface area contributed by atoms with Gasteiger partial charge in [-0.1, -0.05) is 18.2 Å². The smallest absolute Gasteiger partial charge is 0.252 e. The molecule has 1 N–H and O–H groups in total. The van der Waals surface area contributed by atoms with Gasteiger partial charge in [-0.15, -0.1) is 0 Å². The van der Waals surface area contributed by atoms with Gasteiger partial charge >= 0.3 is 0 Å². The summed E-state index contributed by atoms with van der Waals surface area (Å²) in [6.45, 7) is 0.898. The number of para-hydroxylation sites is 1. The van der Waals surface area contributed by atoms with E-state index in [0.29, 0.717) is 35.9 Å². The van der Waals surface area contributed by atoms with Crippen LogP contribution < -0.4 is 14.8 Å². The zero-order chi connectivity index (χ0) is 19.2. The Morgan fingerprint density at radius 3 is 2.52 bits per heavy atom. The summed E-state index contributed by atoms with van der Waals surface area (Å²) < 4.78 is 15.7. The van der Waals surface area contributed by atoms with Crippen molar-refractivity contribution in [3.8, 4) is 22.8 Å². The van der Waals surface area contributed by atoms with Gasteiger partial charge in [0.05, 0.1) is 37.6 Å². The molecule has 3 rings (SSSR count). The SMILES string of the molecule is COCCNC(=O)c1cc(-c2ccc(OC)c(OC)c2)nc2ccccc12. The van der Waals surface area contributed by atoms with Crippen LogP contribution in [0.1, 0.15) is 10.4 Å². The van der Waals surface area contributed by atoms with Gasteiger partial charge in [-0.05, 0) is 30.3 Å². The number of methoxy groups -OCH3 is 3. The van der Waals surface area contributed by atoms with Crippen LogP contribution in [-0.4, -0.2) is 45.4 Å². The lowest BCUT2D eigenvalue weighted by molar-refractivity contribution is 0.0938. The lowest BCUT2D eigenvalue weighted by atomic mass is 10.0. The summed E-state index contributed by atoms with van der Waals surface area (Å²) in [5.41, 5.74) is 2.85. The summed E-state index contributed by atoms with van der Waals surface area (Å²) in [5, 5.41) is 3.68. The van der Waals surface area contributed by atoms with Crippen LogP contribution in [-0.2, 0) is 4.74 Å². The number of benzene rings is 2. The number of hydrogen-bond acceptors (Lipinski definition) is 5. The first-order valence-corrected chi connectivity index (χ1v) is 8.57. The molecule has 0 bridgehead atoms. The fraction of sp³-hybridized carbons (Fsp3) is 0.238. The van der Waals surface area contributed by atoms with Gasteiger partial charge in [-0.25, -0.2) is 4.98 Å². The fourth-order valence-corrected chi connectivity index (χ4v) is 2.87. The molecule has 0 fully saturated rings. The topological polar surface area (TPSA) is 69.7 Å². The number of ether oxygens (including phenoxy) is 3. The van der Waals surface area contributed by atoms with Gasteiger partial charge in [0.15, 0.2) is 11.5 Å². The van der Waals surface area contributed by atoms with Gasteiger partial charge in [0.2, 0.25) is 0 Å². The molecule has 0 aliphatic carbocycles. The van der Waals surface area contributed by atoms with E-state index >= 15 is 0 Å². The number of carbonyl (C=O) groups excluding carboxylic acids is 1. The Kier molecular flexibility index (Phi) is 5.88. The Morgan fingerprint density at radius 1 is 1.00 bits per heavy atom. The van der Waals surface area contributed by atoms with Gasteiger partial charge in [0, 0.05) is 24.6 Å². The predicted octanol–water partition coefficient (Wildman–Crippen LogP) is 3.30. The van der Waals surface area contributed by atoms with Crippen molar-refractivity contribution in [3.63, 3.8) is 0 Å². The summed E-state index contributed by atoms with van der Waals surface area (Å²) in [6.07, 6.45) is 0. The predicted molar refractivity (Wildman–Crippen MR) is 104 cm³/mol. The number of fused-ring (bicyclic) bond motifs is 1. The van der Waals surface area contributed by atoms with E-state index in [1.807, 2.05) is 42.5 Å². The molecule has 0 saturated heterocycles. The maximum Gasteiger partial charge on any atom is 0.252 e. The van der Waals surface area contributed by atoms with Crippen LogP contribution in [0.3, 0.4) is 0 Å². The highest BCUT2D eigenvalue weighted by Gasteiger charge is 2.15. The molecule has 140 valence electrons. The molecular formula is C21H22N2O4. The summed E-state index contributed by atoms with van der Waals surface area (Å²) in [4.78, 5) is 17.4. The van der Waals surface area contributed by atoms with E-state index in [0.717, 1.165) is 16.5 Å². The minimum absolute atomic E-state index is 0.160. The molecule has 0 saturated carbocycles. The van der Waals surface area contributed by atoms with Crippen LogP contribution in [0.4, 0.5) is 0 Å². The zero-order valence-corrected chi connectivity index (χ0v) is 15.6. The Bertz CT molecular complexity index is 956. The van der Waals surface area contributed by atoms with Gasteiger partial charge in [0.25, 0.3) is 5.91 Å². The highest BCUT2D eigenvalue weighted by Crippen LogP contribution is 2.33. The van der Waals surface area contributed by atoms with Crippen molar-refractivity contribution in [2.24, 2.45) is 0 Å². The maximum atomic E-state index is 12.7. The molecule has 2 aromatic carbocycles. The highest BCUT2D eigenvalue weighted by molar-refractivity contribution is 6.07. The monoisotopic (exact) mass is 366 g/mol. The summed E-state index contributed by atoms with van der Waals surface area (Å²) in [6, 6.07) is 15.0. The van der Waals surface area contributed by atoms with Crippen molar-refractivity contribution in [1.82, 2.24) is 10.3 Å². The van der Waals surface area contributed by atoms with E-state index in [1.54, 1.807) is 27.4 Å². The van der Waals surface area contributed by atoms with Gasteiger partial charge in [0.1, 0.15) is 0 Å². The number of hydrogen-bond donors (Lipinski definition) is 1. The van der Waals surface area contributed by atoms with Crippen molar-refractivity contribution in [3.05, 3.63) is 54.1 Å². The number of rotatable bonds is 7. The van der Waals surface area contributed by atoms with Crippen molar-refractivity contribution >= 4 is 16.8 Å². The van der Waals surface area contributed by atoms with Gasteiger partial charge in [-0.3, -0.25) is 4.79 Å². The third-order valence-corrected chi connectivity index (χ3v) is 4.23. The minimum Gasteiger partial charge on any atom is -0.493 e. The maximum absolute atomic E-state index is 12.7. The molecule has 0 aliphatic rings. The highest BCUT2D eigenvalue weighted by atomic mass is 16.5. The van der Waals surface area contributed by atoms with Crippen LogP contribution in [0.2, 0.25) is 0 Å². The fourth-order valence-electron chi connectivity index (χ4n) is 2.87. The summed E-state index contributed by atoms with van der Waals surface area (Å²) >= 11 is 0. The average Bonchev–Trinajstić information content (AvgIpc) is 2.72. The number of nitrogens with zero attached hydrogens (tertiary/aromatic N) is 1. The molecule has 0 spiro atoms. The van der Waals surface area contributed by atoms with E-state index < -0.39 is 0 Å². The van der Waals surface area contributed by atoms with Crippen LogP contribution in [0.15, 0.2) is 48.5 Å². The molecule has 3 aromatic rings. The molecule has 6 heteroatoms. The van der Waals surface area contributed by atoms with Crippen LogP contribution in [0.25, 0.3) is 22.2 Å². The largest absolute Gasteiger partial charge is 0.493 e. The standard InChI is InChI=1S/C21H22N2O4/c1-25-11-10-22-21(24)16-13-18(23-17-7-5-4-6-15(16)17)14-8-9-19(26-2)20(12-14)27-3/h4-9,12-13H,10-11H2,1-3H3,(H,22,24). The van der Waals surface area contributed by atoms with E-state index in [-0.39, 0.29) is 5.91 Å². The third kappa shape index (κ3) is 4.01. The van der Waals surface area contributed by atoms with Crippen molar-refractivity contribution < 1.29 is 19.0 Å². The van der Waals surface area contributed by atoms with Crippen molar-refractivity contribution in [2.75, 3.05) is 34.5 Å². The zero-order valence-electron chi connectivity index (χ0n) is 15.6. The molecule has 0 unspecified atom stereocenters. The molecular weight excluding hydrogens is 344 g/mol. The molecule has 0 aliphatic heterocycles. The molecule has 1 amide bonds. The van der Waals surface area contributed by atoms with Crippen LogP contribution in [0, 0.1) is 0 Å². The average molecular weight is 366 g/mol. The number of carbonyl (C=O) groups is 1. The van der Waals surface area contributed by atoms with Crippen molar-refractivity contribution in [2.45, 2.75) is 0 Å². The number of pyridine rings is 1. The molecule has 0 atom stereocenters. The molecule has 6 nitrogen and oxygen atoms in total. The Hall–Kier alpha value is -3.12. The quantitative estimate of drug-likeness (QED) is 0.650. The first-order valence-electron chi connectivity index (χ1n) is 8.57. The molecule has 0 radical (unpaired) electrons. The van der Waals surface area contributed by atoms with Crippen LogP contribution >= 0.6 is 0 Å². The van der Waals surface area contributed by atoms with Crippen LogP contribution in [0.5, 0.6) is 11.5 Å². The Labute approximate surface area is 158 Å². The Balaban J connectivity index is 2.08. The number of nitrogens with one attached hydrogen (secondary N) is 1. The normalized spacial score (nSPS) is 10.6. The van der Waals surface area contributed by atoms with Gasteiger partial charge < -0.3 is 19.5 Å². The minimum atomic E-state index is -0.160. The van der Waals surface area contributed by atoms with E-state index in [9.17, 15) is 4.79 Å². The number of amides is 1. The molecule has 1 aromatic heterocycles. The second-order valence-corrected chi connectivity index (χ2v) is 5.89. The number of aromatic nitrogens is 1. The lowest BCUT2D eigenvalue weighted by Crippen LogP contribution is -2.27. The van der Waals surface area contributed by atoms with Crippen molar-refractivity contribution in [1.29, 1.82) is 0 Å². The second kappa shape index (κ2) is 8.51. The first-order chi connectivity index (χ1) is 13.2. The third-order valence-electron chi connectivity index (χ3n) is 4.23.